The molecular formula is C9H21N3O3S2. The van der Waals surface area contributed by atoms with Crippen LogP contribution in [0.5, 0.6) is 0 Å². The molecule has 6 nitrogen and oxygen atoms in total. The Morgan fingerprint density at radius 1 is 1.47 bits per heavy atom. The second-order valence-corrected chi connectivity index (χ2v) is 5.91. The Bertz CT molecular complexity index is 319. The van der Waals surface area contributed by atoms with E-state index in [1.54, 1.807) is 14.0 Å². The molecule has 0 radical (unpaired) electrons. The Labute approximate surface area is 109 Å². The van der Waals surface area contributed by atoms with Crippen molar-refractivity contribution >= 4 is 27.4 Å². The van der Waals surface area contributed by atoms with Crippen LogP contribution in [-0.4, -0.2) is 52.1 Å². The molecule has 0 bridgehead atoms. The van der Waals surface area contributed by atoms with E-state index in [-0.39, 0.29) is 18.3 Å². The van der Waals surface area contributed by atoms with Gasteiger partial charge in [-0.15, -0.1) is 0 Å². The predicted molar refractivity (Wildman–Crippen MR) is 72.5 cm³/mol. The molecule has 0 saturated heterocycles. The molecule has 17 heavy (non-hydrogen) atoms. The first kappa shape index (κ1) is 16.6. The SMILES string of the molecule is CCNS(=O)(=O)CCNC(=S)NC(C)COC. The van der Waals surface area contributed by atoms with Gasteiger partial charge in [0, 0.05) is 26.2 Å². The van der Waals surface area contributed by atoms with Crippen LogP contribution in [0.25, 0.3) is 0 Å². The molecule has 0 saturated carbocycles. The van der Waals surface area contributed by atoms with Gasteiger partial charge in [0.25, 0.3) is 0 Å². The summed E-state index contributed by atoms with van der Waals surface area (Å²) in [6.07, 6.45) is 0. The maximum atomic E-state index is 11.3. The van der Waals surface area contributed by atoms with Crippen molar-refractivity contribution < 1.29 is 13.2 Å². The summed E-state index contributed by atoms with van der Waals surface area (Å²) in [5.74, 6) is 0.00131. The summed E-state index contributed by atoms with van der Waals surface area (Å²) in [6, 6.07) is 0.0883. The second-order valence-electron chi connectivity index (χ2n) is 3.57. The zero-order valence-corrected chi connectivity index (χ0v) is 12.1. The number of methoxy groups -OCH3 is 1. The largest absolute Gasteiger partial charge is 0.383 e. The summed E-state index contributed by atoms with van der Waals surface area (Å²) in [5, 5.41) is 6.24. The van der Waals surface area contributed by atoms with Crippen molar-refractivity contribution in [2.45, 2.75) is 19.9 Å². The van der Waals surface area contributed by atoms with Gasteiger partial charge >= 0.3 is 0 Å². The van der Waals surface area contributed by atoms with Crippen LogP contribution in [0, 0.1) is 0 Å². The van der Waals surface area contributed by atoms with E-state index in [2.05, 4.69) is 15.4 Å². The fourth-order valence-corrected chi connectivity index (χ4v) is 2.42. The minimum absolute atomic E-state index is 0.00131. The van der Waals surface area contributed by atoms with Crippen LogP contribution in [0.15, 0.2) is 0 Å². The van der Waals surface area contributed by atoms with E-state index in [0.717, 1.165) is 0 Å². The summed E-state index contributed by atoms with van der Waals surface area (Å²) in [5.41, 5.74) is 0. The fourth-order valence-electron chi connectivity index (χ4n) is 1.16. The second kappa shape index (κ2) is 8.62. The smallest absolute Gasteiger partial charge is 0.213 e. The quantitative estimate of drug-likeness (QED) is 0.518. The van der Waals surface area contributed by atoms with Gasteiger partial charge in [0.05, 0.1) is 12.4 Å². The highest BCUT2D eigenvalue weighted by Crippen LogP contribution is 1.84. The zero-order valence-electron chi connectivity index (χ0n) is 10.4. The van der Waals surface area contributed by atoms with Crippen molar-refractivity contribution in [3.8, 4) is 0 Å². The summed E-state index contributed by atoms with van der Waals surface area (Å²) >= 11 is 5.00. The monoisotopic (exact) mass is 283 g/mol. The van der Waals surface area contributed by atoms with Gasteiger partial charge in [-0.05, 0) is 19.1 Å². The number of thiocarbonyl (C=S) groups is 1. The molecule has 0 aromatic heterocycles. The number of ether oxygens (including phenoxy) is 1. The molecule has 0 fully saturated rings. The van der Waals surface area contributed by atoms with Gasteiger partial charge in [-0.25, -0.2) is 13.1 Å². The van der Waals surface area contributed by atoms with Crippen LogP contribution in [-0.2, 0) is 14.8 Å². The van der Waals surface area contributed by atoms with E-state index >= 15 is 0 Å². The first-order chi connectivity index (χ1) is 7.91. The number of rotatable bonds is 8. The van der Waals surface area contributed by atoms with Gasteiger partial charge in [-0.3, -0.25) is 0 Å². The van der Waals surface area contributed by atoms with Gasteiger partial charge < -0.3 is 15.4 Å². The lowest BCUT2D eigenvalue weighted by Gasteiger charge is -2.16. The normalized spacial score (nSPS) is 13.1. The highest BCUT2D eigenvalue weighted by molar-refractivity contribution is 7.89. The molecule has 0 aromatic rings. The van der Waals surface area contributed by atoms with Crippen molar-refractivity contribution in [1.29, 1.82) is 0 Å². The highest BCUT2D eigenvalue weighted by atomic mass is 32.2. The lowest BCUT2D eigenvalue weighted by molar-refractivity contribution is 0.179. The van der Waals surface area contributed by atoms with Gasteiger partial charge in [0.15, 0.2) is 5.11 Å². The van der Waals surface area contributed by atoms with Crippen molar-refractivity contribution in [3.05, 3.63) is 0 Å². The third-order valence-electron chi connectivity index (χ3n) is 1.81. The predicted octanol–water partition coefficient (Wildman–Crippen LogP) is -0.575. The average Bonchev–Trinajstić information content (AvgIpc) is 2.16. The minimum atomic E-state index is -3.19. The van der Waals surface area contributed by atoms with Crippen LogP contribution in [0.2, 0.25) is 0 Å². The molecule has 1 atom stereocenters. The lowest BCUT2D eigenvalue weighted by Crippen LogP contribution is -2.44. The molecule has 102 valence electrons. The molecular weight excluding hydrogens is 262 g/mol. The standard InChI is InChI=1S/C9H21N3O3S2/c1-4-11-17(13,14)6-5-10-9(16)12-8(2)7-15-3/h8,11H,4-7H2,1-3H3,(H2,10,12,16). The number of nitrogens with one attached hydrogen (secondary N) is 3. The van der Waals surface area contributed by atoms with Gasteiger partial charge in [0.1, 0.15) is 0 Å². The molecule has 0 aliphatic rings. The minimum Gasteiger partial charge on any atom is -0.383 e. The Morgan fingerprint density at radius 3 is 2.65 bits per heavy atom. The molecule has 0 amide bonds. The van der Waals surface area contributed by atoms with E-state index in [9.17, 15) is 8.42 Å². The fraction of sp³-hybridized carbons (Fsp3) is 0.889. The third-order valence-corrected chi connectivity index (χ3v) is 3.55. The third kappa shape index (κ3) is 9.28. The van der Waals surface area contributed by atoms with E-state index in [1.807, 2.05) is 6.92 Å². The van der Waals surface area contributed by atoms with E-state index in [4.69, 9.17) is 17.0 Å². The van der Waals surface area contributed by atoms with Crippen LogP contribution in [0.4, 0.5) is 0 Å². The summed E-state index contributed by atoms with van der Waals surface area (Å²) < 4.78 is 29.9. The van der Waals surface area contributed by atoms with Crippen LogP contribution in [0.1, 0.15) is 13.8 Å². The molecule has 0 spiro atoms. The average molecular weight is 283 g/mol. The van der Waals surface area contributed by atoms with Crippen molar-refractivity contribution in [1.82, 2.24) is 15.4 Å². The summed E-state index contributed by atoms with van der Waals surface area (Å²) in [4.78, 5) is 0. The highest BCUT2D eigenvalue weighted by Gasteiger charge is 2.08. The summed E-state index contributed by atoms with van der Waals surface area (Å²) in [7, 11) is -1.58. The van der Waals surface area contributed by atoms with E-state index in [1.165, 1.54) is 0 Å². The van der Waals surface area contributed by atoms with Crippen molar-refractivity contribution in [3.63, 3.8) is 0 Å². The topological polar surface area (TPSA) is 79.5 Å². The van der Waals surface area contributed by atoms with E-state index in [0.29, 0.717) is 18.3 Å². The van der Waals surface area contributed by atoms with Crippen LogP contribution < -0.4 is 15.4 Å². The Hall–Kier alpha value is -0.440. The van der Waals surface area contributed by atoms with Crippen LogP contribution >= 0.6 is 12.2 Å². The summed E-state index contributed by atoms with van der Waals surface area (Å²) in [6.45, 7) is 4.88. The molecule has 0 aliphatic heterocycles. The molecule has 1 unspecified atom stereocenters. The Balaban J connectivity index is 3.78. The molecule has 0 aromatic carbocycles. The Kier molecular flexibility index (Phi) is 8.40. The van der Waals surface area contributed by atoms with E-state index < -0.39 is 10.0 Å². The van der Waals surface area contributed by atoms with Gasteiger partial charge in [-0.1, -0.05) is 6.92 Å². The molecule has 0 aliphatic carbocycles. The zero-order chi connectivity index (χ0) is 13.3. The number of hydrogen-bond acceptors (Lipinski definition) is 4. The molecule has 0 heterocycles. The molecule has 3 N–H and O–H groups in total. The maximum absolute atomic E-state index is 11.3. The van der Waals surface area contributed by atoms with Gasteiger partial charge in [-0.2, -0.15) is 0 Å². The van der Waals surface area contributed by atoms with Crippen molar-refractivity contribution in [2.24, 2.45) is 0 Å². The maximum Gasteiger partial charge on any atom is 0.213 e. The number of sulfonamides is 1. The first-order valence-corrected chi connectivity index (χ1v) is 7.48. The molecule has 8 heteroatoms. The first-order valence-electron chi connectivity index (χ1n) is 5.42. The van der Waals surface area contributed by atoms with Crippen molar-refractivity contribution in [2.75, 3.05) is 32.6 Å². The lowest BCUT2D eigenvalue weighted by atomic mass is 10.4. The van der Waals surface area contributed by atoms with Gasteiger partial charge in [0.2, 0.25) is 10.0 Å². The van der Waals surface area contributed by atoms with Crippen LogP contribution in [0.3, 0.4) is 0 Å². The molecule has 0 rings (SSSR count). The number of hydrogen-bond donors (Lipinski definition) is 3. The Morgan fingerprint density at radius 2 is 2.12 bits per heavy atom.